The van der Waals surface area contributed by atoms with Crippen molar-refractivity contribution in [2.24, 2.45) is 10.4 Å². The van der Waals surface area contributed by atoms with Crippen molar-refractivity contribution >= 4 is 39.6 Å². The summed E-state index contributed by atoms with van der Waals surface area (Å²) < 4.78 is 14.0. The first-order valence-corrected chi connectivity index (χ1v) is 13.5. The lowest BCUT2D eigenvalue weighted by Gasteiger charge is -2.33. The molecule has 8 nitrogen and oxygen atoms in total. The predicted octanol–water partition coefficient (Wildman–Crippen LogP) is 6.56. The molecule has 1 aromatic carbocycles. The number of benzene rings is 1. The second kappa shape index (κ2) is 11.6. The van der Waals surface area contributed by atoms with Gasteiger partial charge >= 0.3 is 0 Å². The Labute approximate surface area is 234 Å². The van der Waals surface area contributed by atoms with Crippen LogP contribution >= 0.6 is 11.6 Å². The highest BCUT2D eigenvalue weighted by molar-refractivity contribution is 6.35. The molecule has 4 rings (SSSR count). The first kappa shape index (κ1) is 28.4. The van der Waals surface area contributed by atoms with Gasteiger partial charge in [0.1, 0.15) is 6.07 Å². The molecule has 0 spiro atoms. The Morgan fingerprint density at radius 3 is 2.77 bits per heavy atom. The van der Waals surface area contributed by atoms with E-state index in [1.54, 1.807) is 26.1 Å². The van der Waals surface area contributed by atoms with Gasteiger partial charge in [0.25, 0.3) is 0 Å². The van der Waals surface area contributed by atoms with Crippen molar-refractivity contribution in [1.29, 1.82) is 5.26 Å². The number of aromatic nitrogens is 1. The molecule has 39 heavy (non-hydrogen) atoms. The fraction of sp³-hybridized carbons (Fsp3) is 0.414. The summed E-state index contributed by atoms with van der Waals surface area (Å²) in [5.41, 5.74) is 10.7. The molecule has 1 fully saturated rings. The van der Waals surface area contributed by atoms with Gasteiger partial charge in [0.15, 0.2) is 0 Å². The largest absolute Gasteiger partial charge is 0.383 e. The van der Waals surface area contributed by atoms with Crippen LogP contribution in [0.3, 0.4) is 0 Å². The van der Waals surface area contributed by atoms with Crippen molar-refractivity contribution in [3.05, 3.63) is 65.0 Å². The molecule has 0 unspecified atom stereocenters. The minimum Gasteiger partial charge on any atom is -0.383 e. The molecule has 0 amide bonds. The number of halogens is 2. The van der Waals surface area contributed by atoms with Crippen molar-refractivity contribution in [3.63, 3.8) is 0 Å². The van der Waals surface area contributed by atoms with Crippen LogP contribution in [0.15, 0.2) is 59.4 Å². The van der Waals surface area contributed by atoms with E-state index >= 15 is 0 Å². The van der Waals surface area contributed by atoms with Gasteiger partial charge in [-0.25, -0.2) is 4.99 Å². The van der Waals surface area contributed by atoms with Crippen LogP contribution in [0.5, 0.6) is 0 Å². The van der Waals surface area contributed by atoms with Crippen LogP contribution in [-0.4, -0.2) is 34.3 Å². The van der Waals surface area contributed by atoms with E-state index in [4.69, 9.17) is 11.6 Å². The fourth-order valence-electron chi connectivity index (χ4n) is 4.35. The third-order valence-electron chi connectivity index (χ3n) is 6.86. The molecule has 0 bridgehead atoms. The van der Waals surface area contributed by atoms with Crippen molar-refractivity contribution in [2.45, 2.75) is 66.0 Å². The Bertz CT molecular complexity index is 1390. The topological polar surface area (TPSA) is 100 Å². The van der Waals surface area contributed by atoms with Crippen molar-refractivity contribution in [2.75, 3.05) is 17.2 Å². The van der Waals surface area contributed by atoms with E-state index < -0.39 is 12.0 Å². The predicted molar refractivity (Wildman–Crippen MR) is 158 cm³/mol. The number of hydrazine groups is 2. The smallest absolute Gasteiger partial charge is 0.208 e. The van der Waals surface area contributed by atoms with Gasteiger partial charge in [-0.3, -0.25) is 9.99 Å². The van der Waals surface area contributed by atoms with Gasteiger partial charge < -0.3 is 16.1 Å². The maximum absolute atomic E-state index is 14.0. The Morgan fingerprint density at radius 2 is 2.15 bits per heavy atom. The number of hydrogen-bond donors (Lipinski definition) is 4. The zero-order valence-electron chi connectivity index (χ0n) is 23.1. The van der Waals surface area contributed by atoms with Gasteiger partial charge in [-0.1, -0.05) is 39.0 Å². The van der Waals surface area contributed by atoms with Crippen LogP contribution < -0.4 is 21.6 Å². The van der Waals surface area contributed by atoms with Crippen LogP contribution in [0.4, 0.5) is 15.8 Å². The molecule has 1 aliphatic heterocycles. The van der Waals surface area contributed by atoms with Gasteiger partial charge in [-0.15, -0.1) is 5.53 Å². The van der Waals surface area contributed by atoms with Gasteiger partial charge in [-0.2, -0.15) is 9.65 Å². The lowest BCUT2D eigenvalue weighted by Crippen LogP contribution is -2.46. The number of allylic oxidation sites excluding steroid dienone is 1. The number of nitrogens with one attached hydrogen (secondary N) is 4. The van der Waals surface area contributed by atoms with E-state index in [2.05, 4.69) is 70.0 Å². The number of rotatable bonds is 9. The van der Waals surface area contributed by atoms with Crippen LogP contribution in [0, 0.1) is 16.7 Å². The van der Waals surface area contributed by atoms with Crippen molar-refractivity contribution in [3.8, 4) is 6.07 Å². The Morgan fingerprint density at radius 1 is 1.41 bits per heavy atom. The number of nitriles is 1. The van der Waals surface area contributed by atoms with Crippen molar-refractivity contribution < 1.29 is 4.39 Å². The molecule has 10 heteroatoms. The van der Waals surface area contributed by atoms with Crippen LogP contribution in [0.25, 0.3) is 10.9 Å². The summed E-state index contributed by atoms with van der Waals surface area (Å²) in [6.07, 6.45) is 8.30. The molecule has 1 saturated carbocycles. The maximum Gasteiger partial charge on any atom is 0.208 e. The number of anilines is 2. The molecule has 206 valence electrons. The van der Waals surface area contributed by atoms with Crippen LogP contribution in [0.2, 0.25) is 5.02 Å². The molecule has 2 aromatic rings. The highest BCUT2D eigenvalue weighted by Gasteiger charge is 2.30. The monoisotopic (exact) mass is 550 g/mol. The second-order valence-corrected chi connectivity index (χ2v) is 11.6. The molecule has 0 radical (unpaired) electrons. The number of nitrogens with zero attached hydrogens (tertiary/aromatic N) is 4. The normalized spacial score (nSPS) is 17.3. The van der Waals surface area contributed by atoms with Crippen LogP contribution in [0.1, 0.15) is 59.4 Å². The van der Waals surface area contributed by atoms with E-state index in [0.717, 1.165) is 23.9 Å². The third kappa shape index (κ3) is 6.52. The summed E-state index contributed by atoms with van der Waals surface area (Å²) in [4.78, 5) is 8.52. The van der Waals surface area contributed by atoms with E-state index in [9.17, 15) is 9.65 Å². The first-order valence-electron chi connectivity index (χ1n) is 13.1. The SMILES string of the molecule is C=C(C(C)=N/C(F)=C\C)[C@H](Nc1cc(Cl)c2ncc(C#N)c(NCC(C)(C)C)c2c1)C1=CN(C2CCC2)NN1. The minimum atomic E-state index is -0.576. The minimum absolute atomic E-state index is 0.0101. The fourth-order valence-corrected chi connectivity index (χ4v) is 4.62. The lowest BCUT2D eigenvalue weighted by atomic mass is 9.93. The number of pyridine rings is 1. The molecule has 4 N–H and O–H groups in total. The lowest BCUT2D eigenvalue weighted by molar-refractivity contribution is 0.128. The zero-order chi connectivity index (χ0) is 28.3. The highest BCUT2D eigenvalue weighted by Crippen LogP contribution is 2.35. The summed E-state index contributed by atoms with van der Waals surface area (Å²) in [7, 11) is 0. The van der Waals surface area contributed by atoms with E-state index in [0.29, 0.717) is 51.3 Å². The third-order valence-corrected chi connectivity index (χ3v) is 7.15. The molecule has 2 heterocycles. The Hall–Kier alpha value is -3.61. The van der Waals surface area contributed by atoms with Gasteiger partial charge in [0.2, 0.25) is 5.95 Å². The first-order chi connectivity index (χ1) is 18.5. The molecular weight excluding hydrogens is 515 g/mol. The van der Waals surface area contributed by atoms with E-state index in [-0.39, 0.29) is 5.41 Å². The number of fused-ring (bicyclic) bond motifs is 1. The van der Waals surface area contributed by atoms with Gasteiger partial charge in [-0.05, 0) is 62.3 Å². The van der Waals surface area contributed by atoms with Crippen LogP contribution in [-0.2, 0) is 0 Å². The van der Waals surface area contributed by atoms with Crippen molar-refractivity contribution in [1.82, 2.24) is 21.0 Å². The second-order valence-electron chi connectivity index (χ2n) is 11.2. The maximum atomic E-state index is 14.0. The molecule has 1 atom stereocenters. The standard InChI is InChI=1S/C29H36ClFN8/c1-7-25(31)35-18(3)17(2)26(24-15-39(38-37-24)21-9-8-10-21)36-20-11-22-27(34-16-29(4,5)6)19(13-32)14-33-28(22)23(30)12-20/h7,11-12,14-15,21,26,36-38H,2,8-10,16H2,1,3-6H3,(H,33,34)/b25-7-,35-18?/t26-/m0/s1. The summed E-state index contributed by atoms with van der Waals surface area (Å²) in [5, 5.41) is 20.0. The highest BCUT2D eigenvalue weighted by atomic mass is 35.5. The molecular formula is C29H36ClFN8. The summed E-state index contributed by atoms with van der Waals surface area (Å²) in [6, 6.07) is 5.90. The van der Waals surface area contributed by atoms with E-state index in [1.807, 2.05) is 12.3 Å². The molecule has 2 aliphatic rings. The quantitative estimate of drug-likeness (QED) is 0.207. The number of aliphatic imine (C=N–C) groups is 1. The average Bonchev–Trinajstić information content (AvgIpc) is 3.32. The molecule has 0 saturated heterocycles. The summed E-state index contributed by atoms with van der Waals surface area (Å²) in [5.74, 6) is -0.576. The zero-order valence-corrected chi connectivity index (χ0v) is 23.9. The molecule has 1 aromatic heterocycles. The Balaban J connectivity index is 1.75. The van der Waals surface area contributed by atoms with E-state index in [1.165, 1.54) is 12.5 Å². The average molecular weight is 551 g/mol. The summed E-state index contributed by atoms with van der Waals surface area (Å²) in [6.45, 7) is 14.6. The molecule has 1 aliphatic carbocycles. The summed E-state index contributed by atoms with van der Waals surface area (Å²) >= 11 is 6.72. The number of hydrogen-bond acceptors (Lipinski definition) is 8. The van der Waals surface area contributed by atoms with Gasteiger partial charge in [0.05, 0.1) is 33.5 Å². The Kier molecular flexibility index (Phi) is 8.48. The van der Waals surface area contributed by atoms with Gasteiger partial charge in [0, 0.05) is 41.8 Å².